The van der Waals surface area contributed by atoms with Crippen molar-refractivity contribution in [2.24, 2.45) is 11.8 Å². The van der Waals surface area contributed by atoms with Crippen molar-refractivity contribution < 1.29 is 5.11 Å². The average Bonchev–Trinajstić information content (AvgIpc) is 2.27. The molecule has 0 spiro atoms. The van der Waals surface area contributed by atoms with Gasteiger partial charge >= 0.3 is 0 Å². The highest BCUT2D eigenvalue weighted by molar-refractivity contribution is 6.51. The fourth-order valence-corrected chi connectivity index (χ4v) is 2.62. The SMILES string of the molecule is OC1C[C@@H]2[C@H](C1)C2(Cl)Cl. The Balaban J connectivity index is 2.06. The van der Waals surface area contributed by atoms with Crippen LogP contribution in [-0.4, -0.2) is 15.5 Å². The molecule has 0 saturated heterocycles. The van der Waals surface area contributed by atoms with E-state index in [0.29, 0.717) is 11.8 Å². The molecule has 3 heteroatoms. The Morgan fingerprint density at radius 2 is 1.67 bits per heavy atom. The third-order valence-electron chi connectivity index (χ3n) is 2.42. The first-order valence-electron chi connectivity index (χ1n) is 3.18. The van der Waals surface area contributed by atoms with Crippen LogP contribution in [0, 0.1) is 11.8 Å². The smallest absolute Gasteiger partial charge is 0.124 e. The van der Waals surface area contributed by atoms with E-state index >= 15 is 0 Å². The Bertz CT molecular complexity index is 132. The van der Waals surface area contributed by atoms with E-state index in [4.69, 9.17) is 28.3 Å². The van der Waals surface area contributed by atoms with Gasteiger partial charge in [-0.1, -0.05) is 0 Å². The molecule has 0 bridgehead atoms. The van der Waals surface area contributed by atoms with Crippen LogP contribution in [0.15, 0.2) is 0 Å². The number of alkyl halides is 2. The van der Waals surface area contributed by atoms with Gasteiger partial charge in [0.25, 0.3) is 0 Å². The van der Waals surface area contributed by atoms with Crippen LogP contribution in [0.3, 0.4) is 0 Å². The number of aliphatic hydroxyl groups is 1. The number of halogens is 2. The van der Waals surface area contributed by atoms with Gasteiger partial charge in [-0.05, 0) is 12.8 Å². The lowest BCUT2D eigenvalue weighted by Crippen LogP contribution is -2.09. The Labute approximate surface area is 64.0 Å². The molecule has 0 aromatic rings. The predicted molar refractivity (Wildman–Crippen MR) is 36.7 cm³/mol. The van der Waals surface area contributed by atoms with E-state index in [2.05, 4.69) is 0 Å². The first-order valence-corrected chi connectivity index (χ1v) is 3.94. The summed E-state index contributed by atoms with van der Waals surface area (Å²) in [5.74, 6) is 0.770. The first-order chi connectivity index (χ1) is 4.12. The molecule has 2 aliphatic carbocycles. The zero-order valence-electron chi connectivity index (χ0n) is 4.85. The summed E-state index contributed by atoms with van der Waals surface area (Å²) in [5, 5.41) is 9.04. The summed E-state index contributed by atoms with van der Waals surface area (Å²) in [6.07, 6.45) is 1.47. The van der Waals surface area contributed by atoms with Crippen molar-refractivity contribution in [2.45, 2.75) is 23.3 Å². The van der Waals surface area contributed by atoms with E-state index in [0.717, 1.165) is 12.8 Å². The van der Waals surface area contributed by atoms with Gasteiger partial charge in [-0.3, -0.25) is 0 Å². The normalized spacial score (nSPS) is 53.0. The molecular formula is C6H8Cl2O. The van der Waals surface area contributed by atoms with Crippen LogP contribution in [0.1, 0.15) is 12.8 Å². The van der Waals surface area contributed by atoms with Crippen molar-refractivity contribution in [3.8, 4) is 0 Å². The maximum atomic E-state index is 9.04. The van der Waals surface area contributed by atoms with Gasteiger partial charge in [-0.2, -0.15) is 0 Å². The molecule has 9 heavy (non-hydrogen) atoms. The van der Waals surface area contributed by atoms with E-state index in [1.165, 1.54) is 0 Å². The summed E-state index contributed by atoms with van der Waals surface area (Å²) in [7, 11) is 0. The van der Waals surface area contributed by atoms with E-state index < -0.39 is 4.33 Å². The van der Waals surface area contributed by atoms with E-state index in [9.17, 15) is 0 Å². The molecule has 2 aliphatic rings. The highest BCUT2D eigenvalue weighted by atomic mass is 35.5. The molecule has 0 radical (unpaired) electrons. The second-order valence-corrected chi connectivity index (χ2v) is 4.46. The number of hydrogen-bond acceptors (Lipinski definition) is 1. The van der Waals surface area contributed by atoms with Crippen molar-refractivity contribution in [3.63, 3.8) is 0 Å². The van der Waals surface area contributed by atoms with Crippen molar-refractivity contribution in [1.29, 1.82) is 0 Å². The van der Waals surface area contributed by atoms with Crippen molar-refractivity contribution >= 4 is 23.2 Å². The molecule has 52 valence electrons. The van der Waals surface area contributed by atoms with Crippen LogP contribution >= 0.6 is 23.2 Å². The van der Waals surface area contributed by atoms with Gasteiger partial charge in [0.05, 0.1) is 6.10 Å². The Morgan fingerprint density at radius 1 is 1.22 bits per heavy atom. The lowest BCUT2D eigenvalue weighted by atomic mass is 10.2. The van der Waals surface area contributed by atoms with E-state index in [1.54, 1.807) is 0 Å². The Hall–Kier alpha value is 0.540. The maximum absolute atomic E-state index is 9.04. The summed E-state index contributed by atoms with van der Waals surface area (Å²) in [6, 6.07) is 0. The molecule has 2 rings (SSSR count). The van der Waals surface area contributed by atoms with Gasteiger partial charge in [-0.25, -0.2) is 0 Å². The number of rotatable bonds is 0. The molecule has 0 heterocycles. The molecule has 1 nitrogen and oxygen atoms in total. The molecule has 3 atom stereocenters. The second kappa shape index (κ2) is 1.58. The molecule has 0 aromatic carbocycles. The molecule has 0 amide bonds. The van der Waals surface area contributed by atoms with Crippen LogP contribution in [0.2, 0.25) is 0 Å². The third kappa shape index (κ3) is 0.719. The van der Waals surface area contributed by atoms with Gasteiger partial charge in [0, 0.05) is 11.8 Å². The largest absolute Gasteiger partial charge is 0.393 e. The lowest BCUT2D eigenvalue weighted by molar-refractivity contribution is 0.167. The average molecular weight is 167 g/mol. The third-order valence-corrected chi connectivity index (χ3v) is 3.54. The minimum atomic E-state index is -0.473. The Morgan fingerprint density at radius 3 is 2.00 bits per heavy atom. The van der Waals surface area contributed by atoms with Crippen LogP contribution in [0.4, 0.5) is 0 Å². The highest BCUT2D eigenvalue weighted by Crippen LogP contribution is 2.66. The quantitative estimate of drug-likeness (QED) is 0.542. The summed E-state index contributed by atoms with van der Waals surface area (Å²) < 4.78 is -0.473. The Kier molecular flexibility index (Phi) is 1.10. The predicted octanol–water partition coefficient (Wildman–Crippen LogP) is 1.56. The molecule has 1 unspecified atom stereocenters. The van der Waals surface area contributed by atoms with Gasteiger partial charge < -0.3 is 5.11 Å². The number of hydrogen-bond donors (Lipinski definition) is 1. The van der Waals surface area contributed by atoms with Gasteiger partial charge in [-0.15, -0.1) is 23.2 Å². The minimum absolute atomic E-state index is 0.134. The summed E-state index contributed by atoms with van der Waals surface area (Å²) >= 11 is 11.7. The van der Waals surface area contributed by atoms with Gasteiger partial charge in [0.2, 0.25) is 0 Å². The monoisotopic (exact) mass is 166 g/mol. The van der Waals surface area contributed by atoms with Crippen LogP contribution in [-0.2, 0) is 0 Å². The number of aliphatic hydroxyl groups excluding tert-OH is 1. The van der Waals surface area contributed by atoms with Crippen molar-refractivity contribution in [1.82, 2.24) is 0 Å². The summed E-state index contributed by atoms with van der Waals surface area (Å²) in [6.45, 7) is 0. The van der Waals surface area contributed by atoms with Crippen LogP contribution in [0.5, 0.6) is 0 Å². The lowest BCUT2D eigenvalue weighted by Gasteiger charge is -2.07. The summed E-state index contributed by atoms with van der Waals surface area (Å²) in [5.41, 5.74) is 0. The van der Waals surface area contributed by atoms with E-state index in [-0.39, 0.29) is 6.10 Å². The second-order valence-electron chi connectivity index (χ2n) is 3.01. The zero-order chi connectivity index (χ0) is 6.65. The zero-order valence-corrected chi connectivity index (χ0v) is 6.36. The van der Waals surface area contributed by atoms with Gasteiger partial charge in [0.15, 0.2) is 0 Å². The van der Waals surface area contributed by atoms with Crippen LogP contribution in [0.25, 0.3) is 0 Å². The molecule has 2 saturated carbocycles. The van der Waals surface area contributed by atoms with Gasteiger partial charge in [0.1, 0.15) is 4.33 Å². The van der Waals surface area contributed by atoms with Crippen molar-refractivity contribution in [2.75, 3.05) is 0 Å². The molecule has 0 aromatic heterocycles. The van der Waals surface area contributed by atoms with Crippen LogP contribution < -0.4 is 0 Å². The van der Waals surface area contributed by atoms with E-state index in [1.807, 2.05) is 0 Å². The van der Waals surface area contributed by atoms with Crippen molar-refractivity contribution in [3.05, 3.63) is 0 Å². The standard InChI is InChI=1S/C6H8Cl2O/c7-6(8)4-1-3(9)2-5(4)6/h3-5,9H,1-2H2/t3?,4-,5+. The molecule has 2 fully saturated rings. The minimum Gasteiger partial charge on any atom is -0.393 e. The molecule has 0 aliphatic heterocycles. The topological polar surface area (TPSA) is 20.2 Å². The fourth-order valence-electron chi connectivity index (χ4n) is 1.79. The number of fused-ring (bicyclic) bond motifs is 1. The molecule has 1 N–H and O–H groups in total. The maximum Gasteiger partial charge on any atom is 0.124 e. The highest BCUT2D eigenvalue weighted by Gasteiger charge is 2.66. The first kappa shape index (κ1) is 6.26. The fraction of sp³-hybridized carbons (Fsp3) is 1.00. The summed E-state index contributed by atoms with van der Waals surface area (Å²) in [4.78, 5) is 0. The molecular weight excluding hydrogens is 159 g/mol.